The van der Waals surface area contributed by atoms with Gasteiger partial charge >= 0.3 is 0 Å². The number of aromatic nitrogens is 3. The summed E-state index contributed by atoms with van der Waals surface area (Å²) in [4.78, 5) is 3.85. The number of hydrogen-bond donors (Lipinski definition) is 0. The molecule has 3 aromatic rings. The fourth-order valence-electron chi connectivity index (χ4n) is 3.13. The first-order valence-corrected chi connectivity index (χ1v) is 10.0. The summed E-state index contributed by atoms with van der Waals surface area (Å²) in [6.45, 7) is 2.07. The van der Waals surface area contributed by atoms with Crippen LogP contribution in [0.3, 0.4) is 0 Å². The zero-order valence-corrected chi connectivity index (χ0v) is 15.7. The Kier molecular flexibility index (Phi) is 4.68. The fourth-order valence-corrected chi connectivity index (χ4v) is 4.79. The summed E-state index contributed by atoms with van der Waals surface area (Å²) in [5, 5.41) is 7.99. The van der Waals surface area contributed by atoms with Gasteiger partial charge < -0.3 is 4.42 Å². The average molecular weight is 406 g/mol. The molecule has 1 aliphatic heterocycles. The Morgan fingerprint density at radius 3 is 2.68 bits per heavy atom. The lowest BCUT2D eigenvalue weighted by atomic mass is 10.2. The van der Waals surface area contributed by atoms with Crippen molar-refractivity contribution in [3.8, 4) is 11.5 Å². The van der Waals surface area contributed by atoms with E-state index < -0.39 is 27.7 Å². The van der Waals surface area contributed by atoms with Crippen molar-refractivity contribution in [3.05, 3.63) is 59.7 Å². The third-order valence-electron chi connectivity index (χ3n) is 4.59. The Hall–Kier alpha value is -2.72. The molecule has 28 heavy (non-hydrogen) atoms. The van der Waals surface area contributed by atoms with Crippen molar-refractivity contribution < 1.29 is 21.6 Å². The predicted molar refractivity (Wildman–Crippen MR) is 94.5 cm³/mol. The first-order chi connectivity index (χ1) is 13.4. The van der Waals surface area contributed by atoms with Crippen molar-refractivity contribution in [1.29, 1.82) is 0 Å². The van der Waals surface area contributed by atoms with Gasteiger partial charge in [0.05, 0.1) is 10.5 Å². The molecule has 0 unspecified atom stereocenters. The van der Waals surface area contributed by atoms with E-state index >= 15 is 0 Å². The molecule has 0 amide bonds. The summed E-state index contributed by atoms with van der Waals surface area (Å²) in [6.07, 6.45) is 2.66. The van der Waals surface area contributed by atoms with Gasteiger partial charge in [-0.15, -0.1) is 10.2 Å². The number of rotatable bonds is 4. The zero-order chi connectivity index (χ0) is 19.9. The van der Waals surface area contributed by atoms with E-state index in [-0.39, 0.29) is 23.2 Å². The minimum absolute atomic E-state index is 0.152. The minimum Gasteiger partial charge on any atom is -0.419 e. The summed E-state index contributed by atoms with van der Waals surface area (Å²) >= 11 is 0. The number of halogens is 2. The van der Waals surface area contributed by atoms with Crippen molar-refractivity contribution >= 4 is 10.0 Å². The van der Waals surface area contributed by atoms with Gasteiger partial charge in [-0.05, 0) is 50.1 Å². The van der Waals surface area contributed by atoms with Crippen LogP contribution in [0.1, 0.15) is 30.5 Å². The molecule has 0 spiro atoms. The van der Waals surface area contributed by atoms with Gasteiger partial charge in [-0.1, -0.05) is 0 Å². The molecule has 1 atom stereocenters. The molecule has 1 fully saturated rings. The number of benzene rings is 1. The molecule has 0 aliphatic carbocycles. The van der Waals surface area contributed by atoms with Gasteiger partial charge in [0.25, 0.3) is 0 Å². The molecule has 4 rings (SSSR count). The van der Waals surface area contributed by atoms with Gasteiger partial charge in [0.1, 0.15) is 6.04 Å². The van der Waals surface area contributed by atoms with Crippen LogP contribution in [0.2, 0.25) is 0 Å². The molecule has 7 nitrogen and oxygen atoms in total. The monoisotopic (exact) mass is 406 g/mol. The molecule has 0 bridgehead atoms. The van der Waals surface area contributed by atoms with Crippen LogP contribution >= 0.6 is 0 Å². The number of pyridine rings is 1. The van der Waals surface area contributed by atoms with E-state index in [0.717, 1.165) is 17.8 Å². The van der Waals surface area contributed by atoms with E-state index in [1.807, 2.05) is 6.92 Å². The summed E-state index contributed by atoms with van der Waals surface area (Å²) in [6, 6.07) is 5.43. The lowest BCUT2D eigenvalue weighted by Crippen LogP contribution is -2.31. The Labute approximate surface area is 160 Å². The van der Waals surface area contributed by atoms with Gasteiger partial charge in [0.2, 0.25) is 21.8 Å². The van der Waals surface area contributed by atoms with Crippen molar-refractivity contribution in [3.63, 3.8) is 0 Å². The summed E-state index contributed by atoms with van der Waals surface area (Å²) in [5.74, 6) is -1.94. The second-order valence-corrected chi connectivity index (χ2v) is 8.37. The second kappa shape index (κ2) is 7.02. The molecule has 146 valence electrons. The van der Waals surface area contributed by atoms with Gasteiger partial charge in [0.15, 0.2) is 11.6 Å². The Balaban J connectivity index is 1.65. The maximum Gasteiger partial charge on any atom is 0.249 e. The van der Waals surface area contributed by atoms with Crippen LogP contribution in [-0.4, -0.2) is 34.4 Å². The first-order valence-electron chi connectivity index (χ1n) is 8.59. The third kappa shape index (κ3) is 3.29. The molecule has 0 saturated carbocycles. The zero-order valence-electron chi connectivity index (χ0n) is 14.8. The van der Waals surface area contributed by atoms with Crippen molar-refractivity contribution in [1.82, 2.24) is 19.5 Å². The Morgan fingerprint density at radius 1 is 1.14 bits per heavy atom. The van der Waals surface area contributed by atoms with Crippen LogP contribution in [-0.2, 0) is 10.0 Å². The van der Waals surface area contributed by atoms with Crippen molar-refractivity contribution in [2.75, 3.05) is 6.54 Å². The molecule has 0 radical (unpaired) electrons. The Morgan fingerprint density at radius 2 is 1.96 bits per heavy atom. The van der Waals surface area contributed by atoms with E-state index in [1.165, 1.54) is 4.31 Å². The molecule has 1 aliphatic rings. The first kappa shape index (κ1) is 18.6. The van der Waals surface area contributed by atoms with E-state index in [4.69, 9.17) is 4.42 Å². The van der Waals surface area contributed by atoms with Gasteiger partial charge in [-0.2, -0.15) is 4.31 Å². The fraction of sp³-hybridized carbons (Fsp3) is 0.278. The standard InChI is InChI=1S/C18H16F2N4O3S/c1-11-4-5-12(10-21-11)17-22-23-18(27-17)16-3-2-8-24(16)28(25,26)13-6-7-14(19)15(20)9-13/h4-7,9-10,16H,2-3,8H2,1H3/t16-/m1/s1. The predicted octanol–water partition coefficient (Wildman–Crippen LogP) is 3.24. The maximum absolute atomic E-state index is 13.5. The minimum atomic E-state index is -4.05. The topological polar surface area (TPSA) is 89.2 Å². The summed E-state index contributed by atoms with van der Waals surface area (Å²) in [5.41, 5.74) is 1.46. The molecule has 1 saturated heterocycles. The van der Waals surface area contributed by atoms with E-state index in [0.29, 0.717) is 24.5 Å². The number of nitrogens with zero attached hydrogens (tertiary/aromatic N) is 4. The molecule has 1 aromatic carbocycles. The number of aryl methyl sites for hydroxylation is 1. The average Bonchev–Trinajstić information content (AvgIpc) is 3.33. The van der Waals surface area contributed by atoms with Crippen LogP contribution in [0.15, 0.2) is 45.8 Å². The van der Waals surface area contributed by atoms with Crippen molar-refractivity contribution in [2.24, 2.45) is 0 Å². The highest BCUT2D eigenvalue weighted by molar-refractivity contribution is 7.89. The van der Waals surface area contributed by atoms with Crippen LogP contribution in [0.4, 0.5) is 8.78 Å². The third-order valence-corrected chi connectivity index (χ3v) is 6.49. The van der Waals surface area contributed by atoms with E-state index in [2.05, 4.69) is 15.2 Å². The van der Waals surface area contributed by atoms with Gasteiger partial charge in [-0.25, -0.2) is 17.2 Å². The summed E-state index contributed by atoms with van der Waals surface area (Å²) in [7, 11) is -4.05. The Bertz CT molecular complexity index is 1120. The molecule has 0 N–H and O–H groups in total. The lowest BCUT2D eigenvalue weighted by molar-refractivity contribution is 0.332. The smallest absolute Gasteiger partial charge is 0.249 e. The molecule has 2 aromatic heterocycles. The highest BCUT2D eigenvalue weighted by Gasteiger charge is 2.39. The SMILES string of the molecule is Cc1ccc(-c2nnc([C@H]3CCCN3S(=O)(=O)c3ccc(F)c(F)c3)o2)cn1. The highest BCUT2D eigenvalue weighted by Crippen LogP contribution is 2.37. The van der Waals surface area contributed by atoms with E-state index in [1.54, 1.807) is 18.3 Å². The van der Waals surface area contributed by atoms with Crippen LogP contribution in [0.25, 0.3) is 11.5 Å². The molecule has 10 heteroatoms. The largest absolute Gasteiger partial charge is 0.419 e. The van der Waals surface area contributed by atoms with Gasteiger partial charge in [-0.3, -0.25) is 4.98 Å². The summed E-state index contributed by atoms with van der Waals surface area (Å²) < 4.78 is 59.5. The molecule has 3 heterocycles. The van der Waals surface area contributed by atoms with Gasteiger partial charge in [0, 0.05) is 18.4 Å². The maximum atomic E-state index is 13.5. The van der Waals surface area contributed by atoms with Crippen LogP contribution < -0.4 is 0 Å². The number of sulfonamides is 1. The van der Waals surface area contributed by atoms with Crippen LogP contribution in [0, 0.1) is 18.6 Å². The molecular weight excluding hydrogens is 390 g/mol. The van der Waals surface area contributed by atoms with Crippen molar-refractivity contribution in [2.45, 2.75) is 30.7 Å². The second-order valence-electron chi connectivity index (χ2n) is 6.48. The normalized spacial score (nSPS) is 17.9. The number of hydrogen-bond acceptors (Lipinski definition) is 6. The lowest BCUT2D eigenvalue weighted by Gasteiger charge is -2.21. The van der Waals surface area contributed by atoms with Crippen LogP contribution in [0.5, 0.6) is 0 Å². The quantitative estimate of drug-likeness (QED) is 0.661. The van der Waals surface area contributed by atoms with E-state index in [9.17, 15) is 17.2 Å². The molecular formula is C18H16F2N4O3S. The highest BCUT2D eigenvalue weighted by atomic mass is 32.2.